The monoisotopic (exact) mass is 835 g/mol. The Hall–Kier alpha value is -5.39. The van der Waals surface area contributed by atoms with Gasteiger partial charge < -0.3 is 20.3 Å². The van der Waals surface area contributed by atoms with E-state index >= 15 is 0 Å². The summed E-state index contributed by atoms with van der Waals surface area (Å²) in [5, 5.41) is 53.9. The van der Waals surface area contributed by atoms with Gasteiger partial charge in [0.25, 0.3) is 10.1 Å². The maximum absolute atomic E-state index is 12.7. The largest absolute Gasteiger partial charge is 0.507 e. The molecule has 0 radical (unpaired) electrons. The van der Waals surface area contributed by atoms with Crippen LogP contribution in [0.25, 0.3) is 21.5 Å². The fourth-order valence-corrected chi connectivity index (χ4v) is 7.21. The lowest BCUT2D eigenvalue weighted by Crippen LogP contribution is -2.02. The zero-order chi connectivity index (χ0) is 40.5. The average Bonchev–Trinajstić information content (AvgIpc) is 3.20. The zero-order valence-corrected chi connectivity index (χ0v) is 33.1. The summed E-state index contributed by atoms with van der Waals surface area (Å²) in [5.41, 5.74) is 2.96. The lowest BCUT2D eigenvalue weighted by atomic mass is 10.1. The second-order valence-electron chi connectivity index (χ2n) is 11.6. The number of phenolic OH excluding ortho intramolecular Hbond substituents is 2. The van der Waals surface area contributed by atoms with Crippen molar-refractivity contribution in [2.24, 2.45) is 20.5 Å². The van der Waals surface area contributed by atoms with E-state index in [1.165, 1.54) is 39.5 Å². The van der Waals surface area contributed by atoms with Gasteiger partial charge in [-0.05, 0) is 90.0 Å². The van der Waals surface area contributed by atoms with Gasteiger partial charge in [0.1, 0.15) is 22.9 Å². The van der Waals surface area contributed by atoms with Crippen LogP contribution in [0.3, 0.4) is 0 Å². The van der Waals surface area contributed by atoms with Gasteiger partial charge in [-0.3, -0.25) is 4.18 Å². The molecule has 0 fully saturated rings. The number of aryl methyl sites for hydroxylation is 1. The SMILES string of the molecule is COOOSc1cc(O)c2c(N=Nc3cc(OC)c(N=Nc4c(SOOOC)cc5cc(Nc6ccccc6)ccc5c4O)cc3C)cc(S(=O)(=O)OC)cc2c1. The maximum atomic E-state index is 12.7. The molecule has 296 valence electrons. The number of hydrogen-bond acceptors (Lipinski definition) is 19. The van der Waals surface area contributed by atoms with Crippen molar-refractivity contribution in [2.45, 2.75) is 21.6 Å². The Labute approximate surface area is 334 Å². The molecule has 0 amide bonds. The second kappa shape index (κ2) is 18.7. The van der Waals surface area contributed by atoms with E-state index in [9.17, 15) is 18.6 Å². The molecule has 6 aromatic carbocycles. The summed E-state index contributed by atoms with van der Waals surface area (Å²) in [6.07, 6.45) is 0. The highest BCUT2D eigenvalue weighted by Crippen LogP contribution is 2.46. The molecule has 0 spiro atoms. The predicted molar refractivity (Wildman–Crippen MR) is 211 cm³/mol. The minimum atomic E-state index is -4.19. The van der Waals surface area contributed by atoms with Gasteiger partial charge in [0.15, 0.2) is 5.75 Å². The lowest BCUT2D eigenvalue weighted by molar-refractivity contribution is -0.447. The highest BCUT2D eigenvalue weighted by molar-refractivity contribution is 7.95. The van der Waals surface area contributed by atoms with Gasteiger partial charge in [0, 0.05) is 27.7 Å². The van der Waals surface area contributed by atoms with Crippen LogP contribution in [0.4, 0.5) is 34.1 Å². The number of phenols is 2. The van der Waals surface area contributed by atoms with Crippen LogP contribution in [0, 0.1) is 6.92 Å². The molecule has 0 aromatic heterocycles. The van der Waals surface area contributed by atoms with Crippen LogP contribution >= 0.6 is 24.1 Å². The van der Waals surface area contributed by atoms with Crippen molar-refractivity contribution in [2.75, 3.05) is 33.8 Å². The Balaban J connectivity index is 1.35. The number of para-hydroxylation sites is 1. The summed E-state index contributed by atoms with van der Waals surface area (Å²) < 4.78 is 45.7. The first-order valence-corrected chi connectivity index (χ1v) is 19.3. The number of hydrogen-bond donors (Lipinski definition) is 3. The Morgan fingerprint density at radius 2 is 1.40 bits per heavy atom. The molecule has 3 N–H and O–H groups in total. The lowest BCUT2D eigenvalue weighted by Gasteiger charge is -2.12. The predicted octanol–water partition coefficient (Wildman–Crippen LogP) is 10.7. The maximum Gasteiger partial charge on any atom is 0.296 e. The van der Waals surface area contributed by atoms with E-state index in [0.717, 1.165) is 42.6 Å². The number of aromatic hydroxyl groups is 2. The first-order valence-electron chi connectivity index (χ1n) is 16.4. The molecular formula is C37H33N5O12S3. The highest BCUT2D eigenvalue weighted by atomic mass is 32.2. The van der Waals surface area contributed by atoms with Crippen molar-refractivity contribution in [1.29, 1.82) is 0 Å². The van der Waals surface area contributed by atoms with Crippen molar-refractivity contribution >= 4 is 89.9 Å². The molecule has 0 unspecified atom stereocenters. The van der Waals surface area contributed by atoms with Gasteiger partial charge >= 0.3 is 0 Å². The second-order valence-corrected chi connectivity index (χ2v) is 14.8. The van der Waals surface area contributed by atoms with E-state index in [1.54, 1.807) is 37.3 Å². The molecule has 0 aliphatic heterocycles. The normalized spacial score (nSPS) is 12.0. The van der Waals surface area contributed by atoms with Crippen LogP contribution in [-0.2, 0) is 42.8 Å². The molecule has 6 rings (SSSR count). The van der Waals surface area contributed by atoms with Crippen LogP contribution in [-0.4, -0.2) is 47.1 Å². The van der Waals surface area contributed by atoms with Gasteiger partial charge in [0.2, 0.25) is 0 Å². The number of azo groups is 2. The average molecular weight is 836 g/mol. The van der Waals surface area contributed by atoms with E-state index in [4.69, 9.17) is 17.6 Å². The van der Waals surface area contributed by atoms with E-state index < -0.39 is 10.1 Å². The van der Waals surface area contributed by atoms with Crippen LogP contribution in [0.15, 0.2) is 126 Å². The van der Waals surface area contributed by atoms with E-state index in [2.05, 4.69) is 45.6 Å². The van der Waals surface area contributed by atoms with Crippen molar-refractivity contribution in [3.63, 3.8) is 0 Å². The fraction of sp³-hybridized carbons (Fsp3) is 0.135. The summed E-state index contributed by atoms with van der Waals surface area (Å²) >= 11 is 1.47. The first kappa shape index (κ1) is 41.2. The van der Waals surface area contributed by atoms with E-state index in [1.807, 2.05) is 42.5 Å². The molecule has 20 heteroatoms. The van der Waals surface area contributed by atoms with Crippen molar-refractivity contribution in [1.82, 2.24) is 0 Å². The molecule has 0 atom stereocenters. The quantitative estimate of drug-likeness (QED) is 0.0195. The number of ether oxygens (including phenoxy) is 1. The molecule has 17 nitrogen and oxygen atoms in total. The van der Waals surface area contributed by atoms with Gasteiger partial charge in [-0.2, -0.15) is 13.5 Å². The smallest absolute Gasteiger partial charge is 0.296 e. The number of methoxy groups -OCH3 is 1. The number of anilines is 2. The summed E-state index contributed by atoms with van der Waals surface area (Å²) in [4.78, 5) is 9.44. The Morgan fingerprint density at radius 3 is 2.12 bits per heavy atom. The van der Waals surface area contributed by atoms with Gasteiger partial charge in [-0.15, -0.1) is 24.0 Å². The van der Waals surface area contributed by atoms with Crippen LogP contribution in [0.5, 0.6) is 17.2 Å². The third-order valence-corrected chi connectivity index (χ3v) is 10.5. The van der Waals surface area contributed by atoms with E-state index in [-0.39, 0.29) is 50.0 Å². The topological polar surface area (TPSA) is 210 Å². The highest BCUT2D eigenvalue weighted by Gasteiger charge is 2.20. The minimum absolute atomic E-state index is 0.0211. The third-order valence-electron chi connectivity index (χ3n) is 8.04. The first-order chi connectivity index (χ1) is 27.5. The summed E-state index contributed by atoms with van der Waals surface area (Å²) in [6, 6.07) is 25.5. The van der Waals surface area contributed by atoms with Gasteiger partial charge in [0.05, 0.1) is 79.1 Å². The Bertz CT molecular complexity index is 2580. The van der Waals surface area contributed by atoms with Crippen molar-refractivity contribution in [3.05, 3.63) is 96.6 Å². The number of rotatable bonds is 17. The number of nitrogens with one attached hydrogen (secondary N) is 1. The molecular weight excluding hydrogens is 803 g/mol. The molecule has 0 bridgehead atoms. The van der Waals surface area contributed by atoms with Crippen molar-refractivity contribution < 1.29 is 56.1 Å². The molecule has 0 aliphatic carbocycles. The van der Waals surface area contributed by atoms with Crippen LogP contribution in [0.2, 0.25) is 0 Å². The Kier molecular flexibility index (Phi) is 13.5. The van der Waals surface area contributed by atoms with Crippen LogP contribution < -0.4 is 10.1 Å². The molecule has 6 aromatic rings. The molecule has 0 aliphatic rings. The molecule has 0 saturated heterocycles. The molecule has 0 saturated carbocycles. The number of nitrogens with zero attached hydrogens (tertiary/aromatic N) is 4. The van der Waals surface area contributed by atoms with E-state index in [0.29, 0.717) is 31.8 Å². The number of fused-ring (bicyclic) bond motifs is 2. The molecule has 57 heavy (non-hydrogen) atoms. The van der Waals surface area contributed by atoms with Gasteiger partial charge in [-0.1, -0.05) is 28.3 Å². The summed E-state index contributed by atoms with van der Waals surface area (Å²) in [6.45, 7) is 1.74. The summed E-state index contributed by atoms with van der Waals surface area (Å²) in [7, 11) is 0.795. The standard InChI is InChI=1S/C37H33N5O12S3/c1-21-13-30(40-42-36-34(56-54-52-49-4)17-22-14-25(11-12-28(22)37(36)44)38-24-9-7-6-8-10-24)33(47-2)20-29(21)39-41-31-19-27(57(45,46)50-5)16-23-15-26(55-53-51-48-3)18-32(43)35(23)31/h6-20,38,43-44H,1-5H3. The third kappa shape index (κ3) is 9.77. The Morgan fingerprint density at radius 1 is 0.684 bits per heavy atom. The van der Waals surface area contributed by atoms with Crippen LogP contribution in [0.1, 0.15) is 5.56 Å². The molecule has 0 heterocycles. The van der Waals surface area contributed by atoms with Gasteiger partial charge in [-0.25, -0.2) is 9.78 Å². The zero-order valence-electron chi connectivity index (χ0n) is 30.7. The fourth-order valence-electron chi connectivity index (χ4n) is 5.44. The van der Waals surface area contributed by atoms with Crippen molar-refractivity contribution in [3.8, 4) is 17.2 Å². The number of benzene rings is 6. The summed E-state index contributed by atoms with van der Waals surface area (Å²) in [5.74, 6) is -0.164. The minimum Gasteiger partial charge on any atom is -0.507 e.